The number of aryl methyl sites for hydroxylation is 2. The van der Waals surface area contributed by atoms with Gasteiger partial charge >= 0.3 is 6.01 Å². The molecule has 4 aromatic rings. The summed E-state index contributed by atoms with van der Waals surface area (Å²) in [6.07, 6.45) is 0. The molecular formula is C23H24N6O2S. The van der Waals surface area contributed by atoms with Crippen molar-refractivity contribution in [3.8, 4) is 17.1 Å². The van der Waals surface area contributed by atoms with Crippen LogP contribution < -0.4 is 5.32 Å². The van der Waals surface area contributed by atoms with E-state index in [9.17, 15) is 4.79 Å². The number of thioether (sulfide) groups is 1. The minimum absolute atomic E-state index is 0.0933. The van der Waals surface area contributed by atoms with Crippen molar-refractivity contribution in [1.82, 2.24) is 25.0 Å². The summed E-state index contributed by atoms with van der Waals surface area (Å²) in [5, 5.41) is 19.8. The number of anilines is 1. The summed E-state index contributed by atoms with van der Waals surface area (Å²) in [5.41, 5.74) is 4.21. The maximum atomic E-state index is 12.5. The number of nitrogens with zero attached hydrogens (tertiary/aromatic N) is 5. The van der Waals surface area contributed by atoms with E-state index >= 15 is 0 Å². The third kappa shape index (κ3) is 4.88. The number of aromatic nitrogens is 5. The van der Waals surface area contributed by atoms with E-state index in [2.05, 4.69) is 25.7 Å². The van der Waals surface area contributed by atoms with E-state index in [1.54, 1.807) is 0 Å². The highest BCUT2D eigenvalue weighted by atomic mass is 32.2. The van der Waals surface area contributed by atoms with E-state index in [1.807, 2.05) is 80.8 Å². The Morgan fingerprint density at radius 3 is 2.25 bits per heavy atom. The molecule has 0 bridgehead atoms. The molecule has 2 aromatic heterocycles. The van der Waals surface area contributed by atoms with Gasteiger partial charge in [-0.05, 0) is 26.0 Å². The van der Waals surface area contributed by atoms with Gasteiger partial charge in [0, 0.05) is 17.2 Å². The van der Waals surface area contributed by atoms with Gasteiger partial charge in [-0.3, -0.25) is 14.7 Å². The van der Waals surface area contributed by atoms with Crippen molar-refractivity contribution in [2.75, 3.05) is 11.1 Å². The summed E-state index contributed by atoms with van der Waals surface area (Å²) < 4.78 is 7.41. The van der Waals surface area contributed by atoms with Gasteiger partial charge < -0.3 is 4.42 Å². The lowest BCUT2D eigenvalue weighted by atomic mass is 10.1. The fourth-order valence-electron chi connectivity index (χ4n) is 2.98. The number of carbonyl (C=O) groups excluding carboxylic acids is 1. The minimum Gasteiger partial charge on any atom is -0.408 e. The number of carbonyl (C=O) groups is 1. The fourth-order valence-corrected chi connectivity index (χ4v) is 3.74. The van der Waals surface area contributed by atoms with Crippen LogP contribution in [0.5, 0.6) is 0 Å². The first kappa shape index (κ1) is 21.8. The van der Waals surface area contributed by atoms with E-state index in [-0.39, 0.29) is 23.6 Å². The van der Waals surface area contributed by atoms with Gasteiger partial charge in [-0.2, -0.15) is 0 Å². The summed E-state index contributed by atoms with van der Waals surface area (Å²) >= 11 is 1.29. The Balaban J connectivity index is 1.57. The third-order valence-corrected chi connectivity index (χ3v) is 5.68. The van der Waals surface area contributed by atoms with Crippen molar-refractivity contribution in [2.24, 2.45) is 0 Å². The van der Waals surface area contributed by atoms with Crippen molar-refractivity contribution < 1.29 is 9.21 Å². The zero-order chi connectivity index (χ0) is 22.7. The molecule has 0 saturated carbocycles. The Morgan fingerprint density at radius 1 is 0.969 bits per heavy atom. The van der Waals surface area contributed by atoms with Crippen LogP contribution in [0.25, 0.3) is 17.1 Å². The fraction of sp³-hybridized carbons (Fsp3) is 0.261. The molecule has 1 N–H and O–H groups in total. The van der Waals surface area contributed by atoms with Gasteiger partial charge in [-0.25, -0.2) is 0 Å². The summed E-state index contributed by atoms with van der Waals surface area (Å²) in [7, 11) is 0. The van der Waals surface area contributed by atoms with Gasteiger partial charge in [0.25, 0.3) is 0 Å². The van der Waals surface area contributed by atoms with Crippen molar-refractivity contribution in [3.63, 3.8) is 0 Å². The summed E-state index contributed by atoms with van der Waals surface area (Å²) in [4.78, 5) is 12.5. The number of hydrogen-bond donors (Lipinski definition) is 1. The number of nitrogens with one attached hydrogen (secondary N) is 1. The first-order valence-corrected chi connectivity index (χ1v) is 11.2. The summed E-state index contributed by atoms with van der Waals surface area (Å²) in [6.45, 7) is 7.97. The molecule has 32 heavy (non-hydrogen) atoms. The van der Waals surface area contributed by atoms with Crippen LogP contribution in [0.1, 0.15) is 36.8 Å². The van der Waals surface area contributed by atoms with Gasteiger partial charge in [-0.15, -0.1) is 15.3 Å². The standard InChI is InChI=1S/C23H24N6O2S/c1-14(2)21-26-27-22(31-21)24-19(30)13-32-23-28-25-20(17-9-5-15(3)6-10-17)29(23)18-11-7-16(4)8-12-18/h5-12,14H,13H2,1-4H3,(H,24,27,30). The highest BCUT2D eigenvalue weighted by Crippen LogP contribution is 2.28. The van der Waals surface area contributed by atoms with Crippen LogP contribution >= 0.6 is 11.8 Å². The Bertz CT molecular complexity index is 1210. The van der Waals surface area contributed by atoms with Crippen LogP contribution in [-0.4, -0.2) is 36.6 Å². The second kappa shape index (κ2) is 9.35. The second-order valence-electron chi connectivity index (χ2n) is 7.78. The second-order valence-corrected chi connectivity index (χ2v) is 8.72. The molecule has 4 rings (SSSR count). The quantitative estimate of drug-likeness (QED) is 0.406. The van der Waals surface area contributed by atoms with Crippen LogP contribution in [0.15, 0.2) is 58.1 Å². The summed E-state index contributed by atoms with van der Waals surface area (Å²) in [6, 6.07) is 16.3. The topological polar surface area (TPSA) is 98.7 Å². The lowest BCUT2D eigenvalue weighted by molar-refractivity contribution is -0.113. The molecule has 2 aromatic carbocycles. The highest BCUT2D eigenvalue weighted by Gasteiger charge is 2.18. The van der Waals surface area contributed by atoms with E-state index in [1.165, 1.54) is 17.3 Å². The third-order valence-electron chi connectivity index (χ3n) is 4.75. The van der Waals surface area contributed by atoms with Gasteiger partial charge in [0.15, 0.2) is 11.0 Å². The van der Waals surface area contributed by atoms with E-state index in [4.69, 9.17) is 4.42 Å². The van der Waals surface area contributed by atoms with Crippen molar-refractivity contribution in [1.29, 1.82) is 0 Å². The Hall–Kier alpha value is -3.46. The molecule has 0 unspecified atom stereocenters. The van der Waals surface area contributed by atoms with Gasteiger partial charge in [0.1, 0.15) is 0 Å². The number of rotatable bonds is 7. The van der Waals surface area contributed by atoms with E-state index in [0.717, 1.165) is 22.6 Å². The first-order chi connectivity index (χ1) is 15.4. The Kier molecular flexibility index (Phi) is 6.36. The molecule has 1 amide bonds. The predicted octanol–water partition coefficient (Wildman–Crippen LogP) is 4.79. The van der Waals surface area contributed by atoms with Gasteiger partial charge in [-0.1, -0.05) is 78.2 Å². The number of amides is 1. The van der Waals surface area contributed by atoms with Crippen LogP contribution in [0.2, 0.25) is 0 Å². The summed E-state index contributed by atoms with van der Waals surface area (Å²) in [5.74, 6) is 1.15. The normalized spacial score (nSPS) is 11.2. The monoisotopic (exact) mass is 448 g/mol. The molecule has 164 valence electrons. The predicted molar refractivity (Wildman–Crippen MR) is 124 cm³/mol. The maximum absolute atomic E-state index is 12.5. The Morgan fingerprint density at radius 2 is 1.62 bits per heavy atom. The molecule has 0 radical (unpaired) electrons. The number of benzene rings is 2. The number of hydrogen-bond acceptors (Lipinski definition) is 7. The van der Waals surface area contributed by atoms with Gasteiger partial charge in [0.2, 0.25) is 11.8 Å². The Labute approximate surface area is 190 Å². The van der Waals surface area contributed by atoms with Gasteiger partial charge in [0.05, 0.1) is 5.75 Å². The SMILES string of the molecule is Cc1ccc(-c2nnc(SCC(=O)Nc3nnc(C(C)C)o3)n2-c2ccc(C)cc2)cc1. The zero-order valence-corrected chi connectivity index (χ0v) is 19.2. The average Bonchev–Trinajstić information content (AvgIpc) is 3.41. The van der Waals surface area contributed by atoms with Crippen molar-refractivity contribution >= 4 is 23.7 Å². The van der Waals surface area contributed by atoms with Crippen LogP contribution in [0.4, 0.5) is 6.01 Å². The molecule has 2 heterocycles. The van der Waals surface area contributed by atoms with E-state index < -0.39 is 0 Å². The van der Waals surface area contributed by atoms with Crippen LogP contribution in [0, 0.1) is 13.8 Å². The largest absolute Gasteiger partial charge is 0.408 e. The lowest BCUT2D eigenvalue weighted by Gasteiger charge is -2.11. The molecule has 0 atom stereocenters. The van der Waals surface area contributed by atoms with Crippen LogP contribution in [-0.2, 0) is 4.79 Å². The average molecular weight is 449 g/mol. The maximum Gasteiger partial charge on any atom is 0.322 e. The first-order valence-electron chi connectivity index (χ1n) is 10.3. The van der Waals surface area contributed by atoms with Crippen molar-refractivity contribution in [2.45, 2.75) is 38.8 Å². The molecular weight excluding hydrogens is 424 g/mol. The molecule has 0 aliphatic heterocycles. The lowest BCUT2D eigenvalue weighted by Crippen LogP contribution is -2.15. The molecule has 0 fully saturated rings. The molecule has 0 spiro atoms. The molecule has 8 nitrogen and oxygen atoms in total. The van der Waals surface area contributed by atoms with E-state index in [0.29, 0.717) is 11.0 Å². The molecule has 0 aliphatic rings. The molecule has 0 saturated heterocycles. The smallest absolute Gasteiger partial charge is 0.322 e. The van der Waals surface area contributed by atoms with Crippen molar-refractivity contribution in [3.05, 3.63) is 65.5 Å². The highest BCUT2D eigenvalue weighted by molar-refractivity contribution is 7.99. The molecule has 9 heteroatoms. The molecule has 0 aliphatic carbocycles. The minimum atomic E-state index is -0.260. The zero-order valence-electron chi connectivity index (χ0n) is 18.4. The van der Waals surface area contributed by atoms with Crippen LogP contribution in [0.3, 0.4) is 0 Å².